The summed E-state index contributed by atoms with van der Waals surface area (Å²) in [6, 6.07) is 0. The zero-order valence-electron chi connectivity index (χ0n) is 10.4. The summed E-state index contributed by atoms with van der Waals surface area (Å²) >= 11 is 0. The van der Waals surface area contributed by atoms with Crippen LogP contribution < -0.4 is 0 Å². The van der Waals surface area contributed by atoms with Gasteiger partial charge in [-0.05, 0) is 31.1 Å². The van der Waals surface area contributed by atoms with Gasteiger partial charge in [0.25, 0.3) is 0 Å². The van der Waals surface area contributed by atoms with E-state index in [0.717, 1.165) is 38.5 Å². The Hall–Kier alpha value is -0.0800. The van der Waals surface area contributed by atoms with Crippen molar-refractivity contribution in [2.75, 3.05) is 0 Å². The Morgan fingerprint density at radius 3 is 2.13 bits per heavy atom. The van der Waals surface area contributed by atoms with E-state index in [0.29, 0.717) is 0 Å². The third-order valence-corrected chi connectivity index (χ3v) is 3.51. The van der Waals surface area contributed by atoms with E-state index in [9.17, 15) is 10.2 Å². The number of rotatable bonds is 3. The summed E-state index contributed by atoms with van der Waals surface area (Å²) in [4.78, 5) is 0. The maximum absolute atomic E-state index is 10.3. The standard InChI is InChI=1S/C13H26O2/c1-12(2,3)10-7-11(14)13(15)8-5-4-6-9-13/h11,14-15H,4-10H2,1-3H3. The fraction of sp³-hybridized carbons (Fsp3) is 1.00. The molecular weight excluding hydrogens is 188 g/mol. The molecule has 0 heterocycles. The highest BCUT2D eigenvalue weighted by molar-refractivity contribution is 4.89. The van der Waals surface area contributed by atoms with Crippen LogP contribution in [-0.4, -0.2) is 21.9 Å². The first-order valence-electron chi connectivity index (χ1n) is 6.24. The molecule has 0 aromatic heterocycles. The predicted octanol–water partition coefficient (Wildman–Crippen LogP) is 2.87. The molecule has 2 heteroatoms. The van der Waals surface area contributed by atoms with Crippen molar-refractivity contribution in [1.82, 2.24) is 0 Å². The molecule has 0 aromatic carbocycles. The molecule has 2 nitrogen and oxygen atoms in total. The van der Waals surface area contributed by atoms with Crippen molar-refractivity contribution in [2.45, 2.75) is 77.4 Å². The lowest BCUT2D eigenvalue weighted by atomic mass is 9.77. The third kappa shape index (κ3) is 4.12. The van der Waals surface area contributed by atoms with Gasteiger partial charge in [-0.25, -0.2) is 0 Å². The smallest absolute Gasteiger partial charge is 0.0905 e. The van der Waals surface area contributed by atoms with Gasteiger partial charge in [-0.15, -0.1) is 0 Å². The van der Waals surface area contributed by atoms with Crippen molar-refractivity contribution in [1.29, 1.82) is 0 Å². The second-order valence-electron chi connectivity index (χ2n) is 6.28. The van der Waals surface area contributed by atoms with E-state index in [-0.39, 0.29) is 5.41 Å². The monoisotopic (exact) mass is 214 g/mol. The van der Waals surface area contributed by atoms with Gasteiger partial charge in [0.2, 0.25) is 0 Å². The average Bonchev–Trinajstić information content (AvgIpc) is 2.14. The Morgan fingerprint density at radius 2 is 1.67 bits per heavy atom. The molecular formula is C13H26O2. The second-order valence-corrected chi connectivity index (χ2v) is 6.28. The first-order chi connectivity index (χ1) is 6.83. The van der Waals surface area contributed by atoms with Gasteiger partial charge < -0.3 is 10.2 Å². The maximum atomic E-state index is 10.3. The molecule has 1 aliphatic rings. The molecule has 1 rings (SSSR count). The summed E-state index contributed by atoms with van der Waals surface area (Å²) < 4.78 is 0. The largest absolute Gasteiger partial charge is 0.390 e. The van der Waals surface area contributed by atoms with Crippen molar-refractivity contribution in [3.8, 4) is 0 Å². The minimum atomic E-state index is -0.788. The summed E-state index contributed by atoms with van der Waals surface area (Å²) in [5.41, 5.74) is -0.546. The van der Waals surface area contributed by atoms with E-state index < -0.39 is 11.7 Å². The van der Waals surface area contributed by atoms with E-state index in [1.165, 1.54) is 6.42 Å². The van der Waals surface area contributed by atoms with Crippen molar-refractivity contribution < 1.29 is 10.2 Å². The molecule has 0 radical (unpaired) electrons. The van der Waals surface area contributed by atoms with E-state index in [2.05, 4.69) is 20.8 Å². The average molecular weight is 214 g/mol. The minimum Gasteiger partial charge on any atom is -0.390 e. The third-order valence-electron chi connectivity index (χ3n) is 3.51. The lowest BCUT2D eigenvalue weighted by Gasteiger charge is -2.37. The zero-order valence-corrected chi connectivity index (χ0v) is 10.4. The van der Waals surface area contributed by atoms with Crippen molar-refractivity contribution in [3.05, 3.63) is 0 Å². The number of aliphatic hydroxyl groups excluding tert-OH is 1. The molecule has 0 amide bonds. The van der Waals surface area contributed by atoms with Gasteiger partial charge in [0.1, 0.15) is 0 Å². The van der Waals surface area contributed by atoms with Gasteiger partial charge in [-0.2, -0.15) is 0 Å². The Balaban J connectivity index is 2.41. The van der Waals surface area contributed by atoms with E-state index >= 15 is 0 Å². The van der Waals surface area contributed by atoms with E-state index in [1.54, 1.807) is 0 Å². The van der Waals surface area contributed by atoms with Gasteiger partial charge in [-0.1, -0.05) is 40.0 Å². The SMILES string of the molecule is CC(C)(C)CCC(O)C1(O)CCCCC1. The molecule has 1 unspecified atom stereocenters. The van der Waals surface area contributed by atoms with Crippen LogP contribution in [0.4, 0.5) is 0 Å². The summed E-state index contributed by atoms with van der Waals surface area (Å²) in [5.74, 6) is 0. The van der Waals surface area contributed by atoms with Crippen molar-refractivity contribution >= 4 is 0 Å². The molecule has 0 bridgehead atoms. The molecule has 0 aliphatic heterocycles. The highest BCUT2D eigenvalue weighted by Crippen LogP contribution is 2.34. The molecule has 1 atom stereocenters. The lowest BCUT2D eigenvalue weighted by Crippen LogP contribution is -2.44. The summed E-state index contributed by atoms with van der Waals surface area (Å²) in [7, 11) is 0. The van der Waals surface area contributed by atoms with Gasteiger partial charge in [0, 0.05) is 0 Å². The first-order valence-corrected chi connectivity index (χ1v) is 6.24. The highest BCUT2D eigenvalue weighted by atomic mass is 16.3. The fourth-order valence-corrected chi connectivity index (χ4v) is 2.34. The Morgan fingerprint density at radius 1 is 1.13 bits per heavy atom. The molecule has 1 aliphatic carbocycles. The Bertz CT molecular complexity index is 187. The van der Waals surface area contributed by atoms with Crippen LogP contribution in [0.1, 0.15) is 65.7 Å². The zero-order chi connectivity index (χ0) is 11.5. The summed E-state index contributed by atoms with van der Waals surface area (Å²) in [6.07, 6.45) is 6.03. The molecule has 1 saturated carbocycles. The number of hydrogen-bond donors (Lipinski definition) is 2. The molecule has 0 saturated heterocycles. The molecule has 0 spiro atoms. The van der Waals surface area contributed by atoms with Gasteiger partial charge >= 0.3 is 0 Å². The lowest BCUT2D eigenvalue weighted by molar-refractivity contribution is -0.102. The molecule has 0 aromatic rings. The molecule has 90 valence electrons. The number of hydrogen-bond acceptors (Lipinski definition) is 2. The topological polar surface area (TPSA) is 40.5 Å². The summed E-state index contributed by atoms with van der Waals surface area (Å²) in [6.45, 7) is 6.51. The highest BCUT2D eigenvalue weighted by Gasteiger charge is 2.36. The minimum absolute atomic E-state index is 0.242. The van der Waals surface area contributed by atoms with E-state index in [4.69, 9.17) is 0 Å². The Kier molecular flexibility index (Phi) is 4.19. The van der Waals surface area contributed by atoms with Crippen LogP contribution in [0.2, 0.25) is 0 Å². The van der Waals surface area contributed by atoms with Gasteiger partial charge in [0.05, 0.1) is 11.7 Å². The normalized spacial score (nSPS) is 23.8. The van der Waals surface area contributed by atoms with Crippen molar-refractivity contribution in [3.63, 3.8) is 0 Å². The quantitative estimate of drug-likeness (QED) is 0.758. The predicted molar refractivity (Wildman–Crippen MR) is 62.7 cm³/mol. The van der Waals surface area contributed by atoms with Crippen molar-refractivity contribution in [2.24, 2.45) is 5.41 Å². The first kappa shape index (κ1) is 13.0. The number of aliphatic hydroxyl groups is 2. The molecule has 15 heavy (non-hydrogen) atoms. The van der Waals surface area contributed by atoms with E-state index in [1.807, 2.05) is 0 Å². The molecule has 1 fully saturated rings. The molecule has 2 N–H and O–H groups in total. The van der Waals surface area contributed by atoms with Gasteiger partial charge in [-0.3, -0.25) is 0 Å². The van der Waals surface area contributed by atoms with Crippen LogP contribution in [0.15, 0.2) is 0 Å². The van der Waals surface area contributed by atoms with Crippen LogP contribution in [0, 0.1) is 5.41 Å². The fourth-order valence-electron chi connectivity index (χ4n) is 2.34. The van der Waals surface area contributed by atoms with Gasteiger partial charge in [0.15, 0.2) is 0 Å². The maximum Gasteiger partial charge on any atom is 0.0905 e. The van der Waals surface area contributed by atoms with Crippen LogP contribution in [0.25, 0.3) is 0 Å². The van der Waals surface area contributed by atoms with Crippen LogP contribution in [-0.2, 0) is 0 Å². The van der Waals surface area contributed by atoms with Crippen LogP contribution >= 0.6 is 0 Å². The summed E-state index contributed by atoms with van der Waals surface area (Å²) in [5, 5.41) is 20.3. The Labute approximate surface area is 93.7 Å². The van der Waals surface area contributed by atoms with Crippen LogP contribution in [0.5, 0.6) is 0 Å². The second kappa shape index (κ2) is 4.84. The van der Waals surface area contributed by atoms with Crippen LogP contribution in [0.3, 0.4) is 0 Å².